The van der Waals surface area contributed by atoms with E-state index in [0.29, 0.717) is 11.2 Å². The molecule has 1 heterocycles. The minimum Gasteiger partial charge on any atom is -0.271 e. The van der Waals surface area contributed by atoms with E-state index in [9.17, 15) is 8.78 Å². The number of nitrogens with one attached hydrogen (secondary N) is 1. The first-order valence-electron chi connectivity index (χ1n) is 6.32. The minimum atomic E-state index is -0.780. The maximum Gasteiger partial charge on any atom is 0.128 e. The van der Waals surface area contributed by atoms with Crippen molar-refractivity contribution in [1.29, 1.82) is 0 Å². The summed E-state index contributed by atoms with van der Waals surface area (Å²) in [5.74, 6) is 4.39. The first-order chi connectivity index (χ1) is 10.2. The van der Waals surface area contributed by atoms with Gasteiger partial charge in [0, 0.05) is 5.56 Å². The Hall–Kier alpha value is -2.44. The van der Waals surface area contributed by atoms with Gasteiger partial charge in [0.05, 0.1) is 29.0 Å². The molecule has 3 N–H and O–H groups in total. The first kappa shape index (κ1) is 13.5. The van der Waals surface area contributed by atoms with Crippen LogP contribution in [0.1, 0.15) is 17.3 Å². The fraction of sp³-hybridized carbons (Fsp3) is 0.0667. The Labute approximate surface area is 119 Å². The standard InChI is InChI=1S/C15H12F2N4/c16-9-5-6-11(17)10(7-9)15(21-18)14-8-19-12-3-1-2-4-13(12)20-14/h1-8,15,21H,18H2. The monoisotopic (exact) mass is 286 g/mol. The van der Waals surface area contributed by atoms with Crippen LogP contribution in [0.2, 0.25) is 0 Å². The Kier molecular flexibility index (Phi) is 3.55. The topological polar surface area (TPSA) is 63.8 Å². The van der Waals surface area contributed by atoms with Crippen molar-refractivity contribution in [3.8, 4) is 0 Å². The Balaban J connectivity index is 2.11. The van der Waals surface area contributed by atoms with Gasteiger partial charge >= 0.3 is 0 Å². The highest BCUT2D eigenvalue weighted by molar-refractivity contribution is 5.73. The molecule has 0 saturated carbocycles. The quantitative estimate of drug-likeness (QED) is 0.573. The van der Waals surface area contributed by atoms with Crippen LogP contribution in [0.25, 0.3) is 11.0 Å². The van der Waals surface area contributed by atoms with E-state index in [0.717, 1.165) is 23.7 Å². The summed E-state index contributed by atoms with van der Waals surface area (Å²) in [4.78, 5) is 8.65. The zero-order chi connectivity index (χ0) is 14.8. The lowest BCUT2D eigenvalue weighted by atomic mass is 10.0. The number of hydrogen-bond acceptors (Lipinski definition) is 4. The van der Waals surface area contributed by atoms with Crippen LogP contribution in [0.5, 0.6) is 0 Å². The van der Waals surface area contributed by atoms with E-state index in [4.69, 9.17) is 5.84 Å². The number of nitrogens with zero attached hydrogens (tertiary/aromatic N) is 2. The second-order valence-electron chi connectivity index (χ2n) is 4.55. The van der Waals surface area contributed by atoms with E-state index in [1.807, 2.05) is 18.2 Å². The van der Waals surface area contributed by atoms with Gasteiger partial charge in [-0.2, -0.15) is 0 Å². The highest BCUT2D eigenvalue weighted by Gasteiger charge is 2.19. The second-order valence-corrected chi connectivity index (χ2v) is 4.55. The van der Waals surface area contributed by atoms with Crippen molar-refractivity contribution in [2.75, 3.05) is 0 Å². The Morgan fingerprint density at radius 1 is 1.05 bits per heavy atom. The van der Waals surface area contributed by atoms with Crippen molar-refractivity contribution in [3.05, 3.63) is 71.6 Å². The lowest BCUT2D eigenvalue weighted by Gasteiger charge is -2.16. The summed E-state index contributed by atoms with van der Waals surface area (Å²) in [7, 11) is 0. The summed E-state index contributed by atoms with van der Waals surface area (Å²) in [5, 5.41) is 0. The summed E-state index contributed by atoms with van der Waals surface area (Å²) in [6.07, 6.45) is 1.50. The number of fused-ring (bicyclic) bond motifs is 1. The van der Waals surface area contributed by atoms with Crippen LogP contribution in [-0.2, 0) is 0 Å². The lowest BCUT2D eigenvalue weighted by molar-refractivity contribution is 0.540. The van der Waals surface area contributed by atoms with Gasteiger partial charge in [-0.3, -0.25) is 10.8 Å². The predicted molar refractivity (Wildman–Crippen MR) is 75.1 cm³/mol. The predicted octanol–water partition coefficient (Wildman–Crippen LogP) is 2.46. The molecular formula is C15H12F2N4. The molecule has 3 rings (SSSR count). The Morgan fingerprint density at radius 3 is 2.57 bits per heavy atom. The summed E-state index contributed by atoms with van der Waals surface area (Å²) < 4.78 is 27.2. The van der Waals surface area contributed by atoms with Crippen molar-refractivity contribution in [2.45, 2.75) is 6.04 Å². The van der Waals surface area contributed by atoms with Crippen molar-refractivity contribution >= 4 is 11.0 Å². The molecular weight excluding hydrogens is 274 g/mol. The molecule has 0 spiro atoms. The number of para-hydroxylation sites is 2. The van der Waals surface area contributed by atoms with Crippen molar-refractivity contribution in [2.24, 2.45) is 5.84 Å². The summed E-state index contributed by atoms with van der Waals surface area (Å²) >= 11 is 0. The fourth-order valence-corrected chi connectivity index (χ4v) is 2.18. The van der Waals surface area contributed by atoms with Gasteiger partial charge in [0.1, 0.15) is 11.6 Å². The molecule has 0 aliphatic heterocycles. The normalized spacial score (nSPS) is 12.5. The van der Waals surface area contributed by atoms with E-state index in [1.165, 1.54) is 6.20 Å². The molecule has 21 heavy (non-hydrogen) atoms. The van der Waals surface area contributed by atoms with Crippen molar-refractivity contribution < 1.29 is 8.78 Å². The van der Waals surface area contributed by atoms with E-state index in [-0.39, 0.29) is 5.56 Å². The fourth-order valence-electron chi connectivity index (χ4n) is 2.18. The molecule has 1 atom stereocenters. The second kappa shape index (κ2) is 5.51. The molecule has 0 aliphatic carbocycles. The van der Waals surface area contributed by atoms with E-state index >= 15 is 0 Å². The molecule has 0 fully saturated rings. The van der Waals surface area contributed by atoms with Crippen LogP contribution in [0, 0.1) is 11.6 Å². The van der Waals surface area contributed by atoms with Gasteiger partial charge in [-0.15, -0.1) is 0 Å². The summed E-state index contributed by atoms with van der Waals surface area (Å²) in [6.45, 7) is 0. The largest absolute Gasteiger partial charge is 0.271 e. The third kappa shape index (κ3) is 2.58. The lowest BCUT2D eigenvalue weighted by Crippen LogP contribution is -2.30. The summed E-state index contributed by atoms with van der Waals surface area (Å²) in [5.41, 5.74) is 4.34. The molecule has 0 amide bonds. The van der Waals surface area contributed by atoms with E-state index in [2.05, 4.69) is 15.4 Å². The van der Waals surface area contributed by atoms with Crippen LogP contribution in [0.3, 0.4) is 0 Å². The number of rotatable bonds is 3. The van der Waals surface area contributed by atoms with Crippen LogP contribution in [-0.4, -0.2) is 9.97 Å². The highest BCUT2D eigenvalue weighted by atomic mass is 19.1. The highest BCUT2D eigenvalue weighted by Crippen LogP contribution is 2.24. The van der Waals surface area contributed by atoms with Gasteiger partial charge in [-0.05, 0) is 30.3 Å². The number of aromatic nitrogens is 2. The zero-order valence-electron chi connectivity index (χ0n) is 10.9. The van der Waals surface area contributed by atoms with Gasteiger partial charge in [-0.25, -0.2) is 19.2 Å². The average Bonchev–Trinajstić information content (AvgIpc) is 2.51. The maximum absolute atomic E-state index is 13.9. The molecule has 1 unspecified atom stereocenters. The number of hydrogen-bond donors (Lipinski definition) is 2. The number of hydrazine groups is 1. The van der Waals surface area contributed by atoms with E-state index < -0.39 is 17.7 Å². The SMILES string of the molecule is NNC(c1cnc2ccccc2n1)c1cc(F)ccc1F. The van der Waals surface area contributed by atoms with Gasteiger partial charge < -0.3 is 0 Å². The molecule has 0 aliphatic rings. The van der Waals surface area contributed by atoms with Crippen molar-refractivity contribution in [1.82, 2.24) is 15.4 Å². The molecule has 0 radical (unpaired) electrons. The third-order valence-electron chi connectivity index (χ3n) is 3.20. The molecule has 3 aromatic rings. The van der Waals surface area contributed by atoms with Gasteiger partial charge in [0.15, 0.2) is 0 Å². The molecule has 2 aromatic carbocycles. The number of benzene rings is 2. The average molecular weight is 286 g/mol. The van der Waals surface area contributed by atoms with Crippen molar-refractivity contribution in [3.63, 3.8) is 0 Å². The first-order valence-corrected chi connectivity index (χ1v) is 6.32. The molecule has 0 bridgehead atoms. The number of halogens is 2. The molecule has 0 saturated heterocycles. The van der Waals surface area contributed by atoms with Gasteiger partial charge in [-0.1, -0.05) is 12.1 Å². The third-order valence-corrected chi connectivity index (χ3v) is 3.20. The maximum atomic E-state index is 13.9. The van der Waals surface area contributed by atoms with Crippen LogP contribution >= 0.6 is 0 Å². The molecule has 1 aromatic heterocycles. The molecule has 106 valence electrons. The summed E-state index contributed by atoms with van der Waals surface area (Å²) in [6, 6.07) is 9.72. The van der Waals surface area contributed by atoms with Gasteiger partial charge in [0.25, 0.3) is 0 Å². The van der Waals surface area contributed by atoms with Gasteiger partial charge in [0.2, 0.25) is 0 Å². The van der Waals surface area contributed by atoms with Crippen LogP contribution in [0.15, 0.2) is 48.7 Å². The van der Waals surface area contributed by atoms with E-state index in [1.54, 1.807) is 6.07 Å². The number of nitrogens with two attached hydrogens (primary N) is 1. The zero-order valence-corrected chi connectivity index (χ0v) is 10.9. The van der Waals surface area contributed by atoms with Crippen LogP contribution in [0.4, 0.5) is 8.78 Å². The Morgan fingerprint density at radius 2 is 1.81 bits per heavy atom. The smallest absolute Gasteiger partial charge is 0.128 e. The molecule has 4 nitrogen and oxygen atoms in total. The Bertz CT molecular complexity index is 791. The molecule has 6 heteroatoms. The minimum absolute atomic E-state index is 0.0853. The van der Waals surface area contributed by atoms with Crippen LogP contribution < -0.4 is 11.3 Å².